The first-order valence-corrected chi connectivity index (χ1v) is 11.2. The summed E-state index contributed by atoms with van der Waals surface area (Å²) in [5.74, 6) is -0.239. The van der Waals surface area contributed by atoms with Crippen LogP contribution in [0.15, 0.2) is 72.8 Å². The van der Waals surface area contributed by atoms with Gasteiger partial charge in [0, 0.05) is 17.4 Å². The number of halogens is 1. The third-order valence-electron chi connectivity index (χ3n) is 4.52. The van der Waals surface area contributed by atoms with Crippen molar-refractivity contribution in [1.82, 2.24) is 0 Å². The van der Waals surface area contributed by atoms with Gasteiger partial charge in [0.2, 0.25) is 11.8 Å². The van der Waals surface area contributed by atoms with Crippen molar-refractivity contribution >= 4 is 35.0 Å². The van der Waals surface area contributed by atoms with Gasteiger partial charge in [0.15, 0.2) is 0 Å². The number of hydrogen-bond donors (Lipinski definition) is 2. The zero-order valence-corrected chi connectivity index (χ0v) is 18.7. The number of amides is 2. The monoisotopic (exact) mass is 463 g/mol. The number of ether oxygens (including phenoxy) is 1. The quantitative estimate of drug-likeness (QED) is 0.467. The van der Waals surface area contributed by atoms with Crippen LogP contribution in [0.5, 0.6) is 5.75 Å². The van der Waals surface area contributed by atoms with Crippen molar-refractivity contribution in [3.05, 3.63) is 89.7 Å². The van der Waals surface area contributed by atoms with Crippen LogP contribution in [0, 0.1) is 17.1 Å². The minimum Gasteiger partial charge on any atom is -0.489 e. The summed E-state index contributed by atoms with van der Waals surface area (Å²) in [7, 11) is 0. The minimum atomic E-state index is -0.470. The molecule has 0 aromatic heterocycles. The van der Waals surface area contributed by atoms with Crippen LogP contribution in [-0.4, -0.2) is 22.8 Å². The van der Waals surface area contributed by atoms with Crippen molar-refractivity contribution in [3.8, 4) is 11.8 Å². The fraction of sp³-hybridized carbons (Fsp3) is 0.160. The van der Waals surface area contributed by atoms with E-state index in [0.29, 0.717) is 29.3 Å². The van der Waals surface area contributed by atoms with Crippen molar-refractivity contribution in [2.24, 2.45) is 0 Å². The molecule has 0 saturated heterocycles. The second-order valence-corrected chi connectivity index (χ2v) is 8.46. The fourth-order valence-electron chi connectivity index (χ4n) is 2.81. The van der Waals surface area contributed by atoms with Gasteiger partial charge in [0.1, 0.15) is 18.2 Å². The number of anilines is 2. The number of carbonyl (C=O) groups excluding carboxylic acids is 2. The normalized spacial score (nSPS) is 11.2. The molecule has 2 amide bonds. The molecule has 0 spiro atoms. The summed E-state index contributed by atoms with van der Waals surface area (Å²) in [5.41, 5.74) is 2.50. The third kappa shape index (κ3) is 7.66. The largest absolute Gasteiger partial charge is 0.489 e. The molecule has 0 aliphatic heterocycles. The summed E-state index contributed by atoms with van der Waals surface area (Å²) in [6, 6.07) is 21.7. The number of thioether (sulfide) groups is 1. The van der Waals surface area contributed by atoms with Crippen molar-refractivity contribution in [3.63, 3.8) is 0 Å². The second kappa shape index (κ2) is 11.7. The summed E-state index contributed by atoms with van der Waals surface area (Å²) in [4.78, 5) is 24.6. The highest BCUT2D eigenvalue weighted by atomic mass is 32.2. The highest BCUT2D eigenvalue weighted by molar-refractivity contribution is 8.01. The maximum Gasteiger partial charge on any atom is 0.237 e. The minimum absolute atomic E-state index is 0.0802. The van der Waals surface area contributed by atoms with E-state index in [4.69, 9.17) is 10.00 Å². The molecule has 0 saturated carbocycles. The molecule has 168 valence electrons. The zero-order valence-electron chi connectivity index (χ0n) is 17.9. The molecule has 0 aliphatic carbocycles. The molecule has 0 bridgehead atoms. The predicted molar refractivity (Wildman–Crippen MR) is 128 cm³/mol. The van der Waals surface area contributed by atoms with Gasteiger partial charge in [0.25, 0.3) is 0 Å². The van der Waals surface area contributed by atoms with Crippen LogP contribution in [0.25, 0.3) is 0 Å². The molecule has 2 N–H and O–H groups in total. The fourth-order valence-corrected chi connectivity index (χ4v) is 3.50. The number of nitrogens with one attached hydrogen (secondary N) is 2. The van der Waals surface area contributed by atoms with Crippen molar-refractivity contribution in [2.45, 2.75) is 18.8 Å². The van der Waals surface area contributed by atoms with Crippen molar-refractivity contribution in [1.29, 1.82) is 5.26 Å². The lowest BCUT2D eigenvalue weighted by Gasteiger charge is -2.13. The van der Waals surface area contributed by atoms with E-state index in [-0.39, 0.29) is 23.4 Å². The summed E-state index contributed by atoms with van der Waals surface area (Å²) in [5, 5.41) is 14.0. The van der Waals surface area contributed by atoms with Crippen LogP contribution in [0.1, 0.15) is 18.1 Å². The Balaban J connectivity index is 1.47. The highest BCUT2D eigenvalue weighted by Gasteiger charge is 2.16. The van der Waals surface area contributed by atoms with Crippen LogP contribution in [-0.2, 0) is 16.2 Å². The first kappa shape index (κ1) is 23.8. The Hall–Kier alpha value is -3.83. The number of benzene rings is 3. The molecule has 6 nitrogen and oxygen atoms in total. The van der Waals surface area contributed by atoms with E-state index in [2.05, 4.69) is 16.7 Å². The standard InChI is InChI=1S/C25H22FN3O3S/c1-17(33-16-24(30)28-21-10-8-20(26)9-11-21)25(31)29-22-6-3-7-23(13-22)32-15-19-5-2-4-18(12-19)14-27/h2-13,17H,15-16H2,1H3,(H,28,30)(H,29,31). The van der Waals surface area contributed by atoms with Crippen molar-refractivity contribution in [2.75, 3.05) is 16.4 Å². The first-order chi connectivity index (χ1) is 15.9. The Morgan fingerprint density at radius 2 is 1.79 bits per heavy atom. The lowest BCUT2D eigenvalue weighted by molar-refractivity contribution is -0.115. The van der Waals surface area contributed by atoms with Crippen LogP contribution in [0.3, 0.4) is 0 Å². The third-order valence-corrected chi connectivity index (χ3v) is 5.67. The molecule has 1 atom stereocenters. The van der Waals surface area contributed by atoms with E-state index in [9.17, 15) is 14.0 Å². The van der Waals surface area contributed by atoms with Crippen LogP contribution in [0.2, 0.25) is 0 Å². The molecule has 3 aromatic rings. The van der Waals surface area contributed by atoms with E-state index in [1.165, 1.54) is 36.0 Å². The maximum absolute atomic E-state index is 12.9. The highest BCUT2D eigenvalue weighted by Crippen LogP contribution is 2.21. The molecule has 33 heavy (non-hydrogen) atoms. The molecule has 0 aliphatic rings. The van der Waals surface area contributed by atoms with Gasteiger partial charge in [-0.25, -0.2) is 4.39 Å². The first-order valence-electron chi connectivity index (χ1n) is 10.1. The predicted octanol–water partition coefficient (Wildman–Crippen LogP) is 4.98. The SMILES string of the molecule is CC(SCC(=O)Nc1ccc(F)cc1)C(=O)Nc1cccc(OCc2cccc(C#N)c2)c1. The average molecular weight is 464 g/mol. The number of carbonyl (C=O) groups is 2. The Morgan fingerprint density at radius 3 is 2.55 bits per heavy atom. The van der Waals surface area contributed by atoms with Gasteiger partial charge < -0.3 is 15.4 Å². The molecule has 3 rings (SSSR count). The maximum atomic E-state index is 12.9. The molecule has 8 heteroatoms. The second-order valence-electron chi connectivity index (χ2n) is 7.13. The molecular formula is C25H22FN3O3S. The van der Waals surface area contributed by atoms with E-state index < -0.39 is 5.25 Å². The number of rotatable bonds is 9. The molecule has 3 aromatic carbocycles. The van der Waals surface area contributed by atoms with Crippen LogP contribution >= 0.6 is 11.8 Å². The molecule has 0 heterocycles. The van der Waals surface area contributed by atoms with Gasteiger partial charge in [-0.1, -0.05) is 18.2 Å². The Morgan fingerprint density at radius 1 is 1.03 bits per heavy atom. The Bertz CT molecular complexity index is 1160. The number of nitriles is 1. The van der Waals surface area contributed by atoms with E-state index >= 15 is 0 Å². The Labute approximate surface area is 195 Å². The van der Waals surface area contributed by atoms with Crippen LogP contribution < -0.4 is 15.4 Å². The average Bonchev–Trinajstić information content (AvgIpc) is 2.83. The number of hydrogen-bond acceptors (Lipinski definition) is 5. The molecule has 0 fully saturated rings. The number of nitrogens with zero attached hydrogens (tertiary/aromatic N) is 1. The van der Waals surface area contributed by atoms with E-state index in [1.54, 1.807) is 49.4 Å². The summed E-state index contributed by atoms with van der Waals surface area (Å²) >= 11 is 1.19. The lowest BCUT2D eigenvalue weighted by atomic mass is 10.1. The van der Waals surface area contributed by atoms with Gasteiger partial charge in [-0.3, -0.25) is 9.59 Å². The van der Waals surface area contributed by atoms with E-state index in [1.807, 2.05) is 6.07 Å². The van der Waals surface area contributed by atoms with Gasteiger partial charge in [-0.15, -0.1) is 11.8 Å². The smallest absolute Gasteiger partial charge is 0.237 e. The lowest BCUT2D eigenvalue weighted by Crippen LogP contribution is -2.25. The van der Waals surface area contributed by atoms with Gasteiger partial charge in [0.05, 0.1) is 22.6 Å². The van der Waals surface area contributed by atoms with E-state index in [0.717, 1.165) is 5.56 Å². The zero-order chi connectivity index (χ0) is 23.6. The summed E-state index contributed by atoms with van der Waals surface area (Å²) in [6.45, 7) is 2.01. The summed E-state index contributed by atoms with van der Waals surface area (Å²) in [6.07, 6.45) is 0. The van der Waals surface area contributed by atoms with Crippen LogP contribution in [0.4, 0.5) is 15.8 Å². The van der Waals surface area contributed by atoms with Gasteiger partial charge in [-0.2, -0.15) is 5.26 Å². The van der Waals surface area contributed by atoms with Gasteiger partial charge in [-0.05, 0) is 61.0 Å². The summed E-state index contributed by atoms with van der Waals surface area (Å²) < 4.78 is 18.7. The Kier molecular flexibility index (Phi) is 8.44. The van der Waals surface area contributed by atoms with Crippen molar-refractivity contribution < 1.29 is 18.7 Å². The molecule has 1 unspecified atom stereocenters. The molecule has 0 radical (unpaired) electrons. The topological polar surface area (TPSA) is 91.2 Å². The molecular weight excluding hydrogens is 441 g/mol. The van der Waals surface area contributed by atoms with Gasteiger partial charge >= 0.3 is 0 Å².